The van der Waals surface area contributed by atoms with Crippen molar-refractivity contribution in [3.8, 4) is 16.9 Å². The fourth-order valence-electron chi connectivity index (χ4n) is 6.44. The SMILES string of the molecule is Cc1cc(C(=O)N2[C@H](Cc3ccccc3)CN(Cc3ccccc3)C[C@H]2C)c(-c2ccccc2)n1-c1cccc(Br)c1. The average Bonchev–Trinajstić information content (AvgIpc) is 3.35. The molecule has 6 rings (SSSR count). The predicted octanol–water partition coefficient (Wildman–Crippen LogP) is 8.17. The van der Waals surface area contributed by atoms with Crippen molar-refractivity contribution >= 4 is 21.8 Å². The van der Waals surface area contributed by atoms with Crippen LogP contribution >= 0.6 is 15.9 Å². The van der Waals surface area contributed by atoms with Crippen molar-refractivity contribution in [1.82, 2.24) is 14.4 Å². The van der Waals surface area contributed by atoms with Crippen molar-refractivity contribution < 1.29 is 4.79 Å². The van der Waals surface area contributed by atoms with E-state index in [9.17, 15) is 4.79 Å². The molecule has 42 heavy (non-hydrogen) atoms. The van der Waals surface area contributed by atoms with Gasteiger partial charge in [-0.3, -0.25) is 9.69 Å². The molecule has 1 aliphatic heterocycles. The Morgan fingerprint density at radius 1 is 0.786 bits per heavy atom. The third-order valence-electron chi connectivity index (χ3n) is 8.19. The van der Waals surface area contributed by atoms with E-state index in [0.717, 1.165) is 58.7 Å². The Bertz CT molecular complexity index is 1650. The number of hydrogen-bond donors (Lipinski definition) is 0. The van der Waals surface area contributed by atoms with Gasteiger partial charge in [0, 0.05) is 47.6 Å². The molecule has 5 aromatic rings. The number of carbonyl (C=O) groups is 1. The van der Waals surface area contributed by atoms with Gasteiger partial charge in [-0.1, -0.05) is 113 Å². The highest BCUT2D eigenvalue weighted by Gasteiger charge is 2.37. The van der Waals surface area contributed by atoms with Crippen LogP contribution in [0, 0.1) is 6.92 Å². The Balaban J connectivity index is 1.41. The van der Waals surface area contributed by atoms with Crippen LogP contribution in [0.15, 0.2) is 126 Å². The van der Waals surface area contributed by atoms with Crippen LogP contribution in [0.2, 0.25) is 0 Å². The molecule has 0 bridgehead atoms. The molecule has 1 saturated heterocycles. The predicted molar refractivity (Wildman–Crippen MR) is 175 cm³/mol. The van der Waals surface area contributed by atoms with E-state index in [0.29, 0.717) is 0 Å². The molecule has 1 amide bonds. The largest absolute Gasteiger partial charge is 0.330 e. The number of nitrogens with zero attached hydrogens (tertiary/aromatic N) is 3. The van der Waals surface area contributed by atoms with E-state index in [1.165, 1.54) is 11.1 Å². The van der Waals surface area contributed by atoms with Gasteiger partial charge in [0.15, 0.2) is 0 Å². The molecule has 1 aliphatic rings. The number of carbonyl (C=O) groups excluding carboxylic acids is 1. The molecule has 5 heteroatoms. The zero-order chi connectivity index (χ0) is 29.1. The van der Waals surface area contributed by atoms with E-state index in [1.807, 2.05) is 30.3 Å². The fraction of sp³-hybridized carbons (Fsp3) is 0.216. The van der Waals surface area contributed by atoms with Crippen molar-refractivity contribution in [3.05, 3.63) is 148 Å². The Morgan fingerprint density at radius 2 is 1.43 bits per heavy atom. The molecule has 212 valence electrons. The third kappa shape index (κ3) is 5.99. The summed E-state index contributed by atoms with van der Waals surface area (Å²) in [7, 11) is 0. The molecule has 0 aliphatic carbocycles. The van der Waals surface area contributed by atoms with Crippen molar-refractivity contribution in [2.45, 2.75) is 38.9 Å². The zero-order valence-corrected chi connectivity index (χ0v) is 25.7. The van der Waals surface area contributed by atoms with E-state index < -0.39 is 0 Å². The standard InChI is InChI=1S/C37H36BrN3O/c1-27-21-35(36(31-17-10-5-11-18-31)40(27)33-20-12-19-32(38)23-33)37(42)41-28(2)24-39(25-30-15-8-4-9-16-30)26-34(41)22-29-13-6-3-7-14-29/h3-21,23,28,34H,22,24-26H2,1-2H3/t28-,34-/m1/s1. The van der Waals surface area contributed by atoms with Gasteiger partial charge in [0.25, 0.3) is 5.91 Å². The third-order valence-corrected chi connectivity index (χ3v) is 8.68. The van der Waals surface area contributed by atoms with Crippen LogP contribution in [-0.2, 0) is 13.0 Å². The Kier molecular flexibility index (Phi) is 8.41. The van der Waals surface area contributed by atoms with Crippen LogP contribution in [0.3, 0.4) is 0 Å². The summed E-state index contributed by atoms with van der Waals surface area (Å²) in [5.74, 6) is 0.0958. The van der Waals surface area contributed by atoms with E-state index in [4.69, 9.17) is 0 Å². The van der Waals surface area contributed by atoms with Crippen LogP contribution in [0.5, 0.6) is 0 Å². The van der Waals surface area contributed by atoms with Crippen LogP contribution in [0.25, 0.3) is 16.9 Å². The molecule has 4 nitrogen and oxygen atoms in total. The number of aromatic nitrogens is 1. The molecule has 0 radical (unpaired) electrons. The summed E-state index contributed by atoms with van der Waals surface area (Å²) in [5, 5.41) is 0. The topological polar surface area (TPSA) is 28.5 Å². The van der Waals surface area contributed by atoms with E-state index >= 15 is 0 Å². The van der Waals surface area contributed by atoms with Gasteiger partial charge < -0.3 is 9.47 Å². The minimum atomic E-state index is 0.0468. The van der Waals surface area contributed by atoms with E-state index in [-0.39, 0.29) is 18.0 Å². The van der Waals surface area contributed by atoms with Gasteiger partial charge in [0.1, 0.15) is 0 Å². The first-order chi connectivity index (χ1) is 20.5. The highest BCUT2D eigenvalue weighted by molar-refractivity contribution is 9.10. The second kappa shape index (κ2) is 12.5. The summed E-state index contributed by atoms with van der Waals surface area (Å²) in [5.41, 5.74) is 7.33. The summed E-state index contributed by atoms with van der Waals surface area (Å²) in [4.78, 5) is 19.5. The lowest BCUT2D eigenvalue weighted by molar-refractivity contribution is 0.0223. The molecule has 2 heterocycles. The maximum Gasteiger partial charge on any atom is 0.256 e. The number of aryl methyl sites for hydroxylation is 1. The zero-order valence-electron chi connectivity index (χ0n) is 24.2. The maximum absolute atomic E-state index is 14.8. The van der Waals surface area contributed by atoms with Crippen molar-refractivity contribution in [2.24, 2.45) is 0 Å². The molecule has 0 saturated carbocycles. The van der Waals surface area contributed by atoms with Gasteiger partial charge >= 0.3 is 0 Å². The van der Waals surface area contributed by atoms with Crippen LogP contribution in [0.1, 0.15) is 34.1 Å². The first kappa shape index (κ1) is 28.2. The molecule has 0 spiro atoms. The lowest BCUT2D eigenvalue weighted by Gasteiger charge is -2.46. The maximum atomic E-state index is 14.8. The molecular weight excluding hydrogens is 582 g/mol. The minimum absolute atomic E-state index is 0.0468. The summed E-state index contributed by atoms with van der Waals surface area (Å²) >= 11 is 3.65. The number of halogens is 1. The molecular formula is C37H36BrN3O. The van der Waals surface area contributed by atoms with Crippen molar-refractivity contribution in [3.63, 3.8) is 0 Å². The molecule has 1 fully saturated rings. The van der Waals surface area contributed by atoms with Crippen molar-refractivity contribution in [1.29, 1.82) is 0 Å². The minimum Gasteiger partial charge on any atom is -0.330 e. The lowest BCUT2D eigenvalue weighted by Crippen LogP contribution is -2.60. The van der Waals surface area contributed by atoms with E-state index in [1.54, 1.807) is 0 Å². The molecule has 4 aromatic carbocycles. The van der Waals surface area contributed by atoms with Crippen LogP contribution in [0.4, 0.5) is 0 Å². The fourth-order valence-corrected chi connectivity index (χ4v) is 6.82. The first-order valence-corrected chi connectivity index (χ1v) is 15.4. The highest BCUT2D eigenvalue weighted by atomic mass is 79.9. The number of piperazine rings is 1. The molecule has 2 atom stereocenters. The Hall–Kier alpha value is -3.93. The number of benzene rings is 4. The Morgan fingerprint density at radius 3 is 2.10 bits per heavy atom. The van der Waals surface area contributed by atoms with Gasteiger partial charge in [0.05, 0.1) is 11.3 Å². The second-order valence-corrected chi connectivity index (χ2v) is 12.2. The second-order valence-electron chi connectivity index (χ2n) is 11.3. The first-order valence-electron chi connectivity index (χ1n) is 14.6. The van der Waals surface area contributed by atoms with Crippen molar-refractivity contribution in [2.75, 3.05) is 13.1 Å². The van der Waals surface area contributed by atoms with Crippen LogP contribution in [-0.4, -0.2) is 45.4 Å². The van der Waals surface area contributed by atoms with Crippen LogP contribution < -0.4 is 0 Å². The average molecular weight is 619 g/mol. The monoisotopic (exact) mass is 617 g/mol. The molecule has 0 N–H and O–H groups in total. The number of hydrogen-bond acceptors (Lipinski definition) is 2. The summed E-state index contributed by atoms with van der Waals surface area (Å²) < 4.78 is 3.22. The molecule has 1 aromatic heterocycles. The van der Waals surface area contributed by atoms with Gasteiger partial charge in [0.2, 0.25) is 0 Å². The Labute approximate surface area is 257 Å². The lowest BCUT2D eigenvalue weighted by atomic mass is 9.97. The smallest absolute Gasteiger partial charge is 0.256 e. The van der Waals surface area contributed by atoms with E-state index in [2.05, 4.69) is 135 Å². The van der Waals surface area contributed by atoms with Gasteiger partial charge in [-0.15, -0.1) is 0 Å². The number of rotatable bonds is 7. The quantitative estimate of drug-likeness (QED) is 0.184. The van der Waals surface area contributed by atoms with Gasteiger partial charge in [-0.25, -0.2) is 0 Å². The molecule has 0 unspecified atom stereocenters. The van der Waals surface area contributed by atoms with Gasteiger partial charge in [-0.05, 0) is 61.2 Å². The summed E-state index contributed by atoms with van der Waals surface area (Å²) in [6, 6.07) is 42.0. The number of amides is 1. The summed E-state index contributed by atoms with van der Waals surface area (Å²) in [6.45, 7) is 6.83. The summed E-state index contributed by atoms with van der Waals surface area (Å²) in [6.07, 6.45) is 0.814. The van der Waals surface area contributed by atoms with Gasteiger partial charge in [-0.2, -0.15) is 0 Å². The normalized spacial score (nSPS) is 17.4. The highest BCUT2D eigenvalue weighted by Crippen LogP contribution is 2.34.